The van der Waals surface area contributed by atoms with Crippen molar-refractivity contribution in [1.29, 1.82) is 0 Å². The van der Waals surface area contributed by atoms with E-state index in [2.05, 4.69) is 4.98 Å². The number of hydrogen-bond acceptors (Lipinski definition) is 6. The number of aromatic nitrogens is 1. The van der Waals surface area contributed by atoms with Crippen molar-refractivity contribution >= 4 is 10.9 Å². The van der Waals surface area contributed by atoms with Gasteiger partial charge >= 0.3 is 5.56 Å². The first kappa shape index (κ1) is 16.7. The zero-order chi connectivity index (χ0) is 17.8. The summed E-state index contributed by atoms with van der Waals surface area (Å²) in [4.78, 5) is 16.1. The zero-order valence-corrected chi connectivity index (χ0v) is 13.9. The number of ether oxygens (including phenoxy) is 3. The molecule has 6 heteroatoms. The Morgan fingerprint density at radius 3 is 2.40 bits per heavy atom. The van der Waals surface area contributed by atoms with Crippen LogP contribution >= 0.6 is 0 Å². The third-order valence-corrected chi connectivity index (χ3v) is 3.72. The van der Waals surface area contributed by atoms with E-state index in [0.29, 0.717) is 33.5 Å². The molecule has 1 N–H and O–H groups in total. The van der Waals surface area contributed by atoms with Crippen molar-refractivity contribution in [2.45, 2.75) is 0 Å². The number of fused-ring (bicyclic) bond motifs is 1. The van der Waals surface area contributed by atoms with Crippen LogP contribution in [0.3, 0.4) is 0 Å². The van der Waals surface area contributed by atoms with Crippen molar-refractivity contribution in [3.8, 4) is 28.4 Å². The fourth-order valence-corrected chi connectivity index (χ4v) is 2.46. The quantitative estimate of drug-likeness (QED) is 0.720. The van der Waals surface area contributed by atoms with Crippen LogP contribution in [0.1, 0.15) is 0 Å². The molecule has 3 rings (SSSR count). The lowest BCUT2D eigenvalue weighted by Crippen LogP contribution is -2.01. The summed E-state index contributed by atoms with van der Waals surface area (Å²) in [7, 11) is 3.11. The second kappa shape index (κ2) is 7.19. The van der Waals surface area contributed by atoms with Crippen molar-refractivity contribution < 1.29 is 19.3 Å². The van der Waals surface area contributed by atoms with Gasteiger partial charge in [0.1, 0.15) is 11.5 Å². The standard InChI is InChI=1S/C19H17NO5/c1-23-11-25-15-7-8-17-13(9-15)10-16(18(21)19(22)20-17)12-3-5-14(24-2)6-4-12/h3-10H,11H2,1-2H3,(H,20,21,22). The van der Waals surface area contributed by atoms with Gasteiger partial charge < -0.3 is 19.3 Å². The second-order valence-electron chi connectivity index (χ2n) is 5.32. The maximum Gasteiger partial charge on any atom is 0.313 e. The molecule has 0 spiro atoms. The fraction of sp³-hybridized carbons (Fsp3) is 0.158. The molecule has 0 aliphatic carbocycles. The molecule has 3 aromatic rings. The van der Waals surface area contributed by atoms with Gasteiger partial charge in [-0.2, -0.15) is 0 Å². The lowest BCUT2D eigenvalue weighted by atomic mass is 10.1. The molecule has 0 bridgehead atoms. The Balaban J connectivity index is 2.19. The summed E-state index contributed by atoms with van der Waals surface area (Å²) in [6, 6.07) is 13.9. The van der Waals surface area contributed by atoms with Gasteiger partial charge in [0.2, 0.25) is 0 Å². The molecule has 0 amide bonds. The number of rotatable bonds is 5. The third-order valence-electron chi connectivity index (χ3n) is 3.72. The highest BCUT2D eigenvalue weighted by molar-refractivity contribution is 5.85. The molecule has 1 heterocycles. The first-order valence-electron chi connectivity index (χ1n) is 7.56. The molecule has 0 fully saturated rings. The molecule has 0 aliphatic heterocycles. The molecule has 2 aromatic carbocycles. The van der Waals surface area contributed by atoms with Gasteiger partial charge in [0.15, 0.2) is 12.5 Å². The summed E-state index contributed by atoms with van der Waals surface area (Å²) in [5.41, 5.74) is 0.841. The van der Waals surface area contributed by atoms with E-state index in [1.165, 1.54) is 7.11 Å². The number of aromatic hydroxyl groups is 1. The van der Waals surface area contributed by atoms with E-state index in [9.17, 15) is 9.90 Å². The van der Waals surface area contributed by atoms with Gasteiger partial charge in [-0.15, -0.1) is 0 Å². The van der Waals surface area contributed by atoms with Gasteiger partial charge in [0, 0.05) is 18.1 Å². The highest BCUT2D eigenvalue weighted by Crippen LogP contribution is 2.30. The van der Waals surface area contributed by atoms with Crippen molar-refractivity contribution in [2.24, 2.45) is 0 Å². The third kappa shape index (κ3) is 3.54. The molecule has 25 heavy (non-hydrogen) atoms. The minimum absolute atomic E-state index is 0.112. The smallest absolute Gasteiger partial charge is 0.313 e. The number of hydrogen-bond donors (Lipinski definition) is 1. The second-order valence-corrected chi connectivity index (χ2v) is 5.32. The molecule has 0 aliphatic rings. The summed E-state index contributed by atoms with van der Waals surface area (Å²) in [6.07, 6.45) is 0. The molecular formula is C19H17NO5. The average molecular weight is 339 g/mol. The summed E-state index contributed by atoms with van der Waals surface area (Å²) in [5.74, 6) is 0.861. The summed E-state index contributed by atoms with van der Waals surface area (Å²) < 4.78 is 15.4. The minimum atomic E-state index is -0.689. The Morgan fingerprint density at radius 1 is 1.00 bits per heavy atom. The van der Waals surface area contributed by atoms with Crippen molar-refractivity contribution in [3.05, 3.63) is 58.9 Å². The van der Waals surface area contributed by atoms with Gasteiger partial charge in [-0.1, -0.05) is 12.1 Å². The molecule has 0 saturated carbocycles. The maximum absolute atomic E-state index is 12.2. The Hall–Kier alpha value is -3.12. The van der Waals surface area contributed by atoms with E-state index in [1.807, 2.05) is 0 Å². The first-order valence-corrected chi connectivity index (χ1v) is 7.56. The largest absolute Gasteiger partial charge is 0.503 e. The SMILES string of the molecule is COCOc1ccc2nc(=O)c(O)c(-c3ccc(OC)cc3)cc2c1. The van der Waals surface area contributed by atoms with Gasteiger partial charge in [0.05, 0.1) is 12.6 Å². The van der Waals surface area contributed by atoms with E-state index in [0.717, 1.165) is 0 Å². The molecule has 1 aromatic heterocycles. The molecule has 0 atom stereocenters. The molecular weight excluding hydrogens is 322 g/mol. The average Bonchev–Trinajstić information content (AvgIpc) is 2.76. The number of nitrogens with zero attached hydrogens (tertiary/aromatic N) is 1. The van der Waals surface area contributed by atoms with E-state index in [1.54, 1.807) is 55.6 Å². The van der Waals surface area contributed by atoms with Crippen LogP contribution in [0, 0.1) is 0 Å². The molecule has 0 saturated heterocycles. The molecule has 128 valence electrons. The number of methoxy groups -OCH3 is 2. The van der Waals surface area contributed by atoms with Crippen LogP contribution in [0.4, 0.5) is 0 Å². The minimum Gasteiger partial charge on any atom is -0.503 e. The molecule has 0 unspecified atom stereocenters. The summed E-state index contributed by atoms with van der Waals surface area (Å²) >= 11 is 0. The Morgan fingerprint density at radius 2 is 1.72 bits per heavy atom. The Bertz CT molecular complexity index is 954. The summed E-state index contributed by atoms with van der Waals surface area (Å²) in [6.45, 7) is 0.112. The van der Waals surface area contributed by atoms with E-state index >= 15 is 0 Å². The van der Waals surface area contributed by atoms with Crippen LogP contribution in [-0.2, 0) is 4.74 Å². The Labute approximate surface area is 144 Å². The van der Waals surface area contributed by atoms with Crippen LogP contribution in [0.15, 0.2) is 53.3 Å². The van der Waals surface area contributed by atoms with Crippen molar-refractivity contribution in [3.63, 3.8) is 0 Å². The fourth-order valence-electron chi connectivity index (χ4n) is 2.46. The highest BCUT2D eigenvalue weighted by atomic mass is 16.7. The van der Waals surface area contributed by atoms with Crippen LogP contribution in [0.25, 0.3) is 22.0 Å². The monoisotopic (exact) mass is 339 g/mol. The van der Waals surface area contributed by atoms with E-state index in [4.69, 9.17) is 14.2 Å². The molecule has 0 radical (unpaired) electrons. The molecule has 6 nitrogen and oxygen atoms in total. The van der Waals surface area contributed by atoms with Crippen LogP contribution in [0.5, 0.6) is 17.2 Å². The van der Waals surface area contributed by atoms with Gasteiger partial charge in [0.25, 0.3) is 0 Å². The van der Waals surface area contributed by atoms with Crippen LogP contribution in [-0.4, -0.2) is 31.1 Å². The zero-order valence-electron chi connectivity index (χ0n) is 13.9. The van der Waals surface area contributed by atoms with E-state index < -0.39 is 11.3 Å². The van der Waals surface area contributed by atoms with Crippen LogP contribution in [0.2, 0.25) is 0 Å². The Kier molecular flexibility index (Phi) is 4.81. The van der Waals surface area contributed by atoms with Crippen molar-refractivity contribution in [2.75, 3.05) is 21.0 Å². The van der Waals surface area contributed by atoms with Gasteiger partial charge in [-0.25, -0.2) is 4.98 Å². The lowest BCUT2D eigenvalue weighted by Gasteiger charge is -2.05. The van der Waals surface area contributed by atoms with Crippen molar-refractivity contribution in [1.82, 2.24) is 4.98 Å². The number of benzene rings is 2. The predicted octanol–water partition coefficient (Wildman–Crippen LogP) is 2.96. The topological polar surface area (TPSA) is 77.9 Å². The maximum atomic E-state index is 12.2. The lowest BCUT2D eigenvalue weighted by molar-refractivity contribution is 0.0512. The normalized spacial score (nSPS) is 10.6. The predicted molar refractivity (Wildman–Crippen MR) is 94.2 cm³/mol. The van der Waals surface area contributed by atoms with Gasteiger partial charge in [-0.3, -0.25) is 4.79 Å². The first-order chi connectivity index (χ1) is 12.1. The van der Waals surface area contributed by atoms with Gasteiger partial charge in [-0.05, 0) is 42.0 Å². The van der Waals surface area contributed by atoms with Crippen LogP contribution < -0.4 is 15.0 Å². The highest BCUT2D eigenvalue weighted by Gasteiger charge is 2.10. The summed E-state index contributed by atoms with van der Waals surface area (Å²) in [5, 5.41) is 11.0. The van der Waals surface area contributed by atoms with E-state index in [-0.39, 0.29) is 6.79 Å².